The minimum Gasteiger partial charge on any atom is -0.490 e. The second-order valence-electron chi connectivity index (χ2n) is 6.43. The molecule has 0 amide bonds. The number of rotatable bonds is 4. The van der Waals surface area contributed by atoms with Crippen LogP contribution < -0.4 is 4.74 Å². The average molecular weight is 291 g/mol. The zero-order valence-electron chi connectivity index (χ0n) is 12.8. The highest BCUT2D eigenvalue weighted by atomic mass is 16.5. The van der Waals surface area contributed by atoms with E-state index in [-0.39, 0.29) is 6.61 Å². The van der Waals surface area contributed by atoms with Gasteiger partial charge >= 0.3 is 0 Å². The third kappa shape index (κ3) is 3.76. The zero-order chi connectivity index (χ0) is 14.7. The Kier molecular flexibility index (Phi) is 4.48. The molecule has 1 saturated heterocycles. The number of hydrogen-bond acceptors (Lipinski definition) is 4. The molecule has 3 rings (SSSR count). The predicted octanol–water partition coefficient (Wildman–Crippen LogP) is 1.99. The van der Waals surface area contributed by atoms with E-state index in [9.17, 15) is 5.11 Å². The standard InChI is InChI=1S/C17H25NO3/c1-14-5-7-16(8-6-14)21-13-17(19)11-18(9-10-20-12-17)15-3-2-4-15/h5-8,15,19H,2-4,9-13H2,1H3/t17-/m1/s1. The fraction of sp³-hybridized carbons (Fsp3) is 0.647. The number of β-amino-alcohol motifs (C(OH)–C–C–N with tert-alkyl or cyclic N) is 1. The molecule has 1 aliphatic carbocycles. The number of ether oxygens (including phenoxy) is 2. The van der Waals surface area contributed by atoms with E-state index < -0.39 is 5.60 Å². The summed E-state index contributed by atoms with van der Waals surface area (Å²) in [4.78, 5) is 2.37. The van der Waals surface area contributed by atoms with Crippen LogP contribution in [0.3, 0.4) is 0 Å². The lowest BCUT2D eigenvalue weighted by Crippen LogP contribution is -2.52. The molecule has 0 radical (unpaired) electrons. The summed E-state index contributed by atoms with van der Waals surface area (Å²) >= 11 is 0. The Labute approximate surface area is 126 Å². The lowest BCUT2D eigenvalue weighted by Gasteiger charge is -2.39. The summed E-state index contributed by atoms with van der Waals surface area (Å²) < 4.78 is 11.4. The quantitative estimate of drug-likeness (QED) is 0.921. The lowest BCUT2D eigenvalue weighted by molar-refractivity contribution is -0.0698. The van der Waals surface area contributed by atoms with Gasteiger partial charge in [-0.05, 0) is 31.9 Å². The Bertz CT molecular complexity index is 458. The number of aryl methyl sites for hydroxylation is 1. The van der Waals surface area contributed by atoms with Gasteiger partial charge in [0.2, 0.25) is 0 Å². The van der Waals surface area contributed by atoms with Gasteiger partial charge < -0.3 is 14.6 Å². The summed E-state index contributed by atoms with van der Waals surface area (Å²) in [5, 5.41) is 10.8. The van der Waals surface area contributed by atoms with E-state index in [1.807, 2.05) is 31.2 Å². The van der Waals surface area contributed by atoms with Gasteiger partial charge in [0.25, 0.3) is 0 Å². The molecule has 0 aromatic heterocycles. The predicted molar refractivity (Wildman–Crippen MR) is 81.7 cm³/mol. The Hall–Kier alpha value is -1.10. The summed E-state index contributed by atoms with van der Waals surface area (Å²) in [6, 6.07) is 8.55. The largest absolute Gasteiger partial charge is 0.490 e. The van der Waals surface area contributed by atoms with Crippen LogP contribution >= 0.6 is 0 Å². The third-order valence-corrected chi connectivity index (χ3v) is 4.51. The summed E-state index contributed by atoms with van der Waals surface area (Å²) in [6.07, 6.45) is 3.80. The fourth-order valence-corrected chi connectivity index (χ4v) is 2.95. The van der Waals surface area contributed by atoms with Gasteiger partial charge in [0.05, 0.1) is 13.2 Å². The van der Waals surface area contributed by atoms with Crippen LogP contribution in [0.2, 0.25) is 0 Å². The number of nitrogens with zero attached hydrogens (tertiary/aromatic N) is 1. The first-order valence-corrected chi connectivity index (χ1v) is 7.88. The highest BCUT2D eigenvalue weighted by molar-refractivity contribution is 5.26. The summed E-state index contributed by atoms with van der Waals surface area (Å²) in [5.74, 6) is 0.800. The molecule has 1 N–H and O–H groups in total. The van der Waals surface area contributed by atoms with Crippen molar-refractivity contribution in [3.05, 3.63) is 29.8 Å². The van der Waals surface area contributed by atoms with Gasteiger partial charge in [0, 0.05) is 19.1 Å². The van der Waals surface area contributed by atoms with E-state index >= 15 is 0 Å². The van der Waals surface area contributed by atoms with Crippen LogP contribution in [0.5, 0.6) is 5.75 Å². The van der Waals surface area contributed by atoms with E-state index in [2.05, 4.69) is 4.90 Å². The first-order valence-electron chi connectivity index (χ1n) is 7.88. The maximum Gasteiger partial charge on any atom is 0.134 e. The third-order valence-electron chi connectivity index (χ3n) is 4.51. The van der Waals surface area contributed by atoms with Gasteiger partial charge in [-0.1, -0.05) is 24.1 Å². The molecule has 4 heteroatoms. The van der Waals surface area contributed by atoms with Crippen LogP contribution in [0, 0.1) is 6.92 Å². The normalized spacial score (nSPS) is 27.9. The lowest BCUT2D eigenvalue weighted by atomic mass is 9.90. The molecular formula is C17H25NO3. The second-order valence-corrected chi connectivity index (χ2v) is 6.43. The van der Waals surface area contributed by atoms with Gasteiger partial charge in [-0.15, -0.1) is 0 Å². The molecule has 1 saturated carbocycles. The van der Waals surface area contributed by atoms with E-state index in [1.54, 1.807) is 0 Å². The van der Waals surface area contributed by atoms with Crippen LogP contribution in [0.15, 0.2) is 24.3 Å². The molecule has 0 unspecified atom stereocenters. The molecule has 0 bridgehead atoms. The maximum absolute atomic E-state index is 10.8. The van der Waals surface area contributed by atoms with Crippen LogP contribution in [-0.4, -0.2) is 54.6 Å². The van der Waals surface area contributed by atoms with Crippen molar-refractivity contribution in [2.75, 3.05) is 32.9 Å². The van der Waals surface area contributed by atoms with Crippen molar-refractivity contribution in [1.82, 2.24) is 4.90 Å². The summed E-state index contributed by atoms with van der Waals surface area (Å²) in [5.41, 5.74) is 0.284. The monoisotopic (exact) mass is 291 g/mol. The van der Waals surface area contributed by atoms with Crippen LogP contribution in [-0.2, 0) is 4.74 Å². The molecule has 4 nitrogen and oxygen atoms in total. The summed E-state index contributed by atoms with van der Waals surface area (Å²) in [6.45, 7) is 4.93. The first-order chi connectivity index (χ1) is 10.1. The molecule has 1 heterocycles. The van der Waals surface area contributed by atoms with Crippen molar-refractivity contribution in [2.24, 2.45) is 0 Å². The first kappa shape index (κ1) is 14.8. The number of benzene rings is 1. The van der Waals surface area contributed by atoms with Crippen molar-refractivity contribution in [2.45, 2.75) is 37.8 Å². The van der Waals surface area contributed by atoms with Gasteiger partial charge in [-0.2, -0.15) is 0 Å². The second kappa shape index (κ2) is 6.34. The molecule has 1 aliphatic heterocycles. The van der Waals surface area contributed by atoms with Crippen molar-refractivity contribution < 1.29 is 14.6 Å². The molecule has 1 aromatic carbocycles. The van der Waals surface area contributed by atoms with Crippen LogP contribution in [0.25, 0.3) is 0 Å². The Balaban J connectivity index is 1.59. The molecule has 2 aliphatic rings. The zero-order valence-corrected chi connectivity index (χ0v) is 12.8. The van der Waals surface area contributed by atoms with E-state index in [4.69, 9.17) is 9.47 Å². The molecule has 116 valence electrons. The van der Waals surface area contributed by atoms with Crippen LogP contribution in [0.1, 0.15) is 24.8 Å². The Morgan fingerprint density at radius 2 is 2.10 bits per heavy atom. The molecular weight excluding hydrogens is 266 g/mol. The maximum atomic E-state index is 10.8. The fourth-order valence-electron chi connectivity index (χ4n) is 2.95. The topological polar surface area (TPSA) is 41.9 Å². The van der Waals surface area contributed by atoms with Gasteiger partial charge in [-0.3, -0.25) is 4.90 Å². The van der Waals surface area contributed by atoms with E-state index in [0.717, 1.165) is 12.3 Å². The Morgan fingerprint density at radius 3 is 2.76 bits per heavy atom. The van der Waals surface area contributed by atoms with Gasteiger partial charge in [-0.25, -0.2) is 0 Å². The van der Waals surface area contributed by atoms with E-state index in [1.165, 1.54) is 24.8 Å². The smallest absolute Gasteiger partial charge is 0.134 e. The number of hydrogen-bond donors (Lipinski definition) is 1. The molecule has 21 heavy (non-hydrogen) atoms. The van der Waals surface area contributed by atoms with Crippen molar-refractivity contribution >= 4 is 0 Å². The van der Waals surface area contributed by atoms with Gasteiger partial charge in [0.1, 0.15) is 18.0 Å². The van der Waals surface area contributed by atoms with Crippen molar-refractivity contribution in [3.8, 4) is 5.75 Å². The minimum atomic E-state index is -0.920. The Morgan fingerprint density at radius 1 is 1.33 bits per heavy atom. The SMILES string of the molecule is Cc1ccc(OC[C@]2(O)COCCN(C3CCC3)C2)cc1. The molecule has 2 fully saturated rings. The van der Waals surface area contributed by atoms with Crippen molar-refractivity contribution in [1.29, 1.82) is 0 Å². The highest BCUT2D eigenvalue weighted by Crippen LogP contribution is 2.27. The van der Waals surface area contributed by atoms with Crippen LogP contribution in [0.4, 0.5) is 0 Å². The van der Waals surface area contributed by atoms with E-state index in [0.29, 0.717) is 25.8 Å². The average Bonchev–Trinajstić information content (AvgIpc) is 2.59. The van der Waals surface area contributed by atoms with Crippen molar-refractivity contribution in [3.63, 3.8) is 0 Å². The highest BCUT2D eigenvalue weighted by Gasteiger charge is 2.37. The molecule has 1 aromatic rings. The van der Waals surface area contributed by atoms with Gasteiger partial charge in [0.15, 0.2) is 0 Å². The summed E-state index contributed by atoms with van der Waals surface area (Å²) in [7, 11) is 0. The minimum absolute atomic E-state index is 0.277. The number of aliphatic hydroxyl groups is 1. The molecule has 1 atom stereocenters. The molecule has 0 spiro atoms.